The van der Waals surface area contributed by atoms with Crippen molar-refractivity contribution in [3.8, 4) is 0 Å². The van der Waals surface area contributed by atoms with Crippen LogP contribution in [0.25, 0.3) is 0 Å². The van der Waals surface area contributed by atoms with Crippen molar-refractivity contribution in [2.75, 3.05) is 11.4 Å². The van der Waals surface area contributed by atoms with Crippen molar-refractivity contribution in [3.05, 3.63) is 24.0 Å². The number of amides is 1. The quantitative estimate of drug-likeness (QED) is 0.612. The molecule has 1 saturated heterocycles. The summed E-state index contributed by atoms with van der Waals surface area (Å²) in [5.74, 6) is -0.170. The van der Waals surface area contributed by atoms with Gasteiger partial charge in [0.15, 0.2) is 5.78 Å². The Labute approximate surface area is 81.6 Å². The summed E-state index contributed by atoms with van der Waals surface area (Å²) in [6, 6.07) is 3.63. The molecule has 2 heterocycles. The van der Waals surface area contributed by atoms with Crippen LogP contribution in [0.2, 0.25) is 0 Å². The first-order valence-electron chi connectivity index (χ1n) is 4.41. The van der Waals surface area contributed by atoms with Gasteiger partial charge in [0.25, 0.3) is 0 Å². The highest BCUT2D eigenvalue weighted by atomic mass is 16.2. The first-order chi connectivity index (χ1) is 6.66. The summed E-state index contributed by atoms with van der Waals surface area (Å²) in [5, 5.41) is 0. The summed E-state index contributed by atoms with van der Waals surface area (Å²) < 4.78 is 0. The Morgan fingerprint density at radius 1 is 1.36 bits per heavy atom. The van der Waals surface area contributed by atoms with Gasteiger partial charge >= 0.3 is 0 Å². The Kier molecular flexibility index (Phi) is 2.04. The average Bonchev–Trinajstić information content (AvgIpc) is 2.47. The number of hydrogen-bond donors (Lipinski definition) is 0. The van der Waals surface area contributed by atoms with E-state index in [0.29, 0.717) is 5.69 Å². The molecule has 4 heteroatoms. The molecule has 0 unspecified atom stereocenters. The number of aryl methyl sites for hydroxylation is 1. The zero-order valence-electron chi connectivity index (χ0n) is 7.86. The van der Waals surface area contributed by atoms with Crippen LogP contribution in [-0.4, -0.2) is 23.2 Å². The number of aromatic nitrogens is 1. The van der Waals surface area contributed by atoms with Crippen molar-refractivity contribution in [3.63, 3.8) is 0 Å². The highest BCUT2D eigenvalue weighted by molar-refractivity contribution is 6.14. The van der Waals surface area contributed by atoms with Gasteiger partial charge in [-0.25, -0.2) is 0 Å². The van der Waals surface area contributed by atoms with Crippen LogP contribution in [-0.2, 0) is 9.59 Å². The number of anilines is 1. The Hall–Kier alpha value is -1.71. The summed E-state index contributed by atoms with van der Waals surface area (Å²) in [6.07, 6.45) is 1.64. The molecule has 0 aromatic carbocycles. The number of carbonyl (C=O) groups is 2. The van der Waals surface area contributed by atoms with Crippen LogP contribution in [0.1, 0.15) is 12.1 Å². The minimum atomic E-state index is -0.138. The molecule has 0 N–H and O–H groups in total. The molecule has 1 amide bonds. The van der Waals surface area contributed by atoms with Crippen molar-refractivity contribution in [2.24, 2.45) is 0 Å². The molecule has 0 radical (unpaired) electrons. The average molecular weight is 190 g/mol. The standard InChI is InChI=1S/C10H10N2O2/c1-7-2-3-8(5-11-7)12-6-9(13)4-10(12)14/h2-3,5H,4,6H2,1H3. The molecule has 72 valence electrons. The lowest BCUT2D eigenvalue weighted by Gasteiger charge is -2.13. The lowest BCUT2D eigenvalue weighted by molar-refractivity contribution is -0.121. The van der Waals surface area contributed by atoms with E-state index in [1.54, 1.807) is 12.3 Å². The molecule has 1 aromatic heterocycles. The van der Waals surface area contributed by atoms with E-state index in [-0.39, 0.29) is 24.7 Å². The Morgan fingerprint density at radius 2 is 2.14 bits per heavy atom. The highest BCUT2D eigenvalue weighted by Gasteiger charge is 2.28. The van der Waals surface area contributed by atoms with Gasteiger partial charge in [0.2, 0.25) is 5.91 Å². The Bertz CT molecular complexity index is 384. The molecule has 1 aliphatic heterocycles. The van der Waals surface area contributed by atoms with Gasteiger partial charge in [-0.2, -0.15) is 0 Å². The van der Waals surface area contributed by atoms with E-state index in [2.05, 4.69) is 4.98 Å². The zero-order valence-corrected chi connectivity index (χ0v) is 7.86. The number of Topliss-reactive ketones (excluding diaryl/α,β-unsaturated/α-hetero) is 1. The third-order valence-corrected chi connectivity index (χ3v) is 2.19. The van der Waals surface area contributed by atoms with Gasteiger partial charge < -0.3 is 4.90 Å². The van der Waals surface area contributed by atoms with Gasteiger partial charge in [0.1, 0.15) is 0 Å². The molecule has 0 atom stereocenters. The monoisotopic (exact) mass is 190 g/mol. The molecule has 14 heavy (non-hydrogen) atoms. The van der Waals surface area contributed by atoms with Crippen molar-refractivity contribution in [2.45, 2.75) is 13.3 Å². The van der Waals surface area contributed by atoms with Crippen LogP contribution < -0.4 is 4.90 Å². The van der Waals surface area contributed by atoms with Crippen LogP contribution in [0, 0.1) is 6.92 Å². The normalized spacial score (nSPS) is 16.5. The summed E-state index contributed by atoms with van der Waals surface area (Å²) in [4.78, 5) is 27.9. The van der Waals surface area contributed by atoms with E-state index < -0.39 is 0 Å². The molecule has 0 spiro atoms. The molecule has 1 aliphatic rings. The second-order valence-electron chi connectivity index (χ2n) is 3.35. The number of pyridine rings is 1. The zero-order chi connectivity index (χ0) is 10.1. The SMILES string of the molecule is Cc1ccc(N2CC(=O)CC2=O)cn1. The molecule has 1 fully saturated rings. The van der Waals surface area contributed by atoms with Crippen LogP contribution in [0.4, 0.5) is 5.69 Å². The third kappa shape index (κ3) is 1.51. The lowest BCUT2D eigenvalue weighted by atomic mass is 10.3. The summed E-state index contributed by atoms with van der Waals surface area (Å²) >= 11 is 0. The van der Waals surface area contributed by atoms with Crippen LogP contribution in [0.5, 0.6) is 0 Å². The number of nitrogens with zero attached hydrogens (tertiary/aromatic N) is 2. The number of carbonyl (C=O) groups excluding carboxylic acids is 2. The van der Waals surface area contributed by atoms with Gasteiger partial charge in [-0.05, 0) is 19.1 Å². The van der Waals surface area contributed by atoms with E-state index >= 15 is 0 Å². The lowest BCUT2D eigenvalue weighted by Crippen LogP contribution is -2.24. The summed E-state index contributed by atoms with van der Waals surface area (Å²) in [6.45, 7) is 2.06. The number of rotatable bonds is 1. The van der Waals surface area contributed by atoms with Crippen LogP contribution in [0.15, 0.2) is 18.3 Å². The van der Waals surface area contributed by atoms with Crippen molar-refractivity contribution in [1.82, 2.24) is 4.98 Å². The van der Waals surface area contributed by atoms with Gasteiger partial charge in [-0.15, -0.1) is 0 Å². The van der Waals surface area contributed by atoms with E-state index in [4.69, 9.17) is 0 Å². The fourth-order valence-corrected chi connectivity index (χ4v) is 1.44. The second-order valence-corrected chi connectivity index (χ2v) is 3.35. The first-order valence-corrected chi connectivity index (χ1v) is 4.41. The molecule has 0 aliphatic carbocycles. The second kappa shape index (κ2) is 3.21. The van der Waals surface area contributed by atoms with Gasteiger partial charge in [0, 0.05) is 5.69 Å². The molecule has 0 bridgehead atoms. The van der Waals surface area contributed by atoms with Gasteiger partial charge in [-0.1, -0.05) is 0 Å². The fraction of sp³-hybridized carbons (Fsp3) is 0.300. The van der Waals surface area contributed by atoms with Gasteiger partial charge in [-0.3, -0.25) is 14.6 Å². The molecule has 0 saturated carbocycles. The molecule has 2 rings (SSSR count). The predicted molar refractivity (Wildman–Crippen MR) is 51.0 cm³/mol. The smallest absolute Gasteiger partial charge is 0.234 e. The summed E-state index contributed by atoms with van der Waals surface area (Å²) in [5.41, 5.74) is 1.60. The largest absolute Gasteiger partial charge is 0.303 e. The minimum absolute atomic E-state index is 0.0217. The van der Waals surface area contributed by atoms with Crippen LogP contribution >= 0.6 is 0 Å². The van der Waals surface area contributed by atoms with E-state index in [1.165, 1.54) is 4.90 Å². The fourth-order valence-electron chi connectivity index (χ4n) is 1.44. The maximum atomic E-state index is 11.3. The Balaban J connectivity index is 2.27. The predicted octanol–water partition coefficient (Wildman–Crippen LogP) is 0.696. The maximum Gasteiger partial charge on any atom is 0.234 e. The highest BCUT2D eigenvalue weighted by Crippen LogP contribution is 2.18. The van der Waals surface area contributed by atoms with Crippen LogP contribution in [0.3, 0.4) is 0 Å². The topological polar surface area (TPSA) is 50.3 Å². The van der Waals surface area contributed by atoms with Crippen molar-refractivity contribution < 1.29 is 9.59 Å². The Morgan fingerprint density at radius 3 is 2.64 bits per heavy atom. The molecule has 4 nitrogen and oxygen atoms in total. The van der Waals surface area contributed by atoms with Gasteiger partial charge in [0.05, 0.1) is 24.8 Å². The van der Waals surface area contributed by atoms with Crippen molar-refractivity contribution >= 4 is 17.4 Å². The van der Waals surface area contributed by atoms with E-state index in [1.807, 2.05) is 13.0 Å². The molecular formula is C10H10N2O2. The number of hydrogen-bond acceptors (Lipinski definition) is 3. The third-order valence-electron chi connectivity index (χ3n) is 2.19. The molecule has 1 aromatic rings. The minimum Gasteiger partial charge on any atom is -0.303 e. The number of ketones is 1. The summed E-state index contributed by atoms with van der Waals surface area (Å²) in [7, 11) is 0. The first kappa shape index (κ1) is 8.87. The van der Waals surface area contributed by atoms with E-state index in [0.717, 1.165) is 5.69 Å². The maximum absolute atomic E-state index is 11.3. The van der Waals surface area contributed by atoms with Crippen molar-refractivity contribution in [1.29, 1.82) is 0 Å². The van der Waals surface area contributed by atoms with E-state index in [9.17, 15) is 9.59 Å². The molecular weight excluding hydrogens is 180 g/mol.